The van der Waals surface area contributed by atoms with Gasteiger partial charge in [0.15, 0.2) is 11.6 Å². The van der Waals surface area contributed by atoms with Gasteiger partial charge in [-0.15, -0.1) is 0 Å². The van der Waals surface area contributed by atoms with Gasteiger partial charge < -0.3 is 10.7 Å². The van der Waals surface area contributed by atoms with Gasteiger partial charge in [-0.2, -0.15) is 0 Å². The van der Waals surface area contributed by atoms with Crippen molar-refractivity contribution in [2.75, 3.05) is 0 Å². The molecule has 1 fully saturated rings. The average Bonchev–Trinajstić information content (AvgIpc) is 2.79. The summed E-state index contributed by atoms with van der Waals surface area (Å²) in [6.45, 7) is 2.16. The minimum atomic E-state index is -0.910. The Balaban J connectivity index is 2.08. The van der Waals surface area contributed by atoms with E-state index in [4.69, 9.17) is 5.73 Å². The molecule has 3 N–H and O–H groups in total. The number of nitrogens with zero attached hydrogens (tertiary/aromatic N) is 1. The summed E-state index contributed by atoms with van der Waals surface area (Å²) in [5.41, 5.74) is 6.39. The highest BCUT2D eigenvalue weighted by Gasteiger charge is 2.35. The van der Waals surface area contributed by atoms with Crippen LogP contribution in [0.1, 0.15) is 38.4 Å². The molecule has 1 aliphatic carbocycles. The van der Waals surface area contributed by atoms with E-state index in [2.05, 4.69) is 16.9 Å². The number of rotatable bonds is 1. The minimum absolute atomic E-state index is 0.0399. The summed E-state index contributed by atoms with van der Waals surface area (Å²) in [6.07, 6.45) is 3.83. The second kappa shape index (κ2) is 4.27. The predicted octanol–water partition coefficient (Wildman–Crippen LogP) is 3.21. The first-order valence-corrected chi connectivity index (χ1v) is 6.63. The van der Waals surface area contributed by atoms with E-state index < -0.39 is 17.2 Å². The summed E-state index contributed by atoms with van der Waals surface area (Å²) >= 11 is 0. The van der Waals surface area contributed by atoms with Crippen molar-refractivity contribution in [3.63, 3.8) is 0 Å². The van der Waals surface area contributed by atoms with Crippen LogP contribution in [0, 0.1) is 17.6 Å². The van der Waals surface area contributed by atoms with Crippen LogP contribution in [0.5, 0.6) is 0 Å². The van der Waals surface area contributed by atoms with Crippen molar-refractivity contribution in [1.29, 1.82) is 0 Å². The standard InChI is InChI=1S/C14H17F2N3/c1-8-3-2-6-14(17,7-8)13-18-10-5-4-9(15)11(16)12(10)19-13/h4-5,8H,2-3,6-7,17H2,1H3,(H,18,19). The van der Waals surface area contributed by atoms with Crippen LogP contribution in [0.25, 0.3) is 11.0 Å². The fourth-order valence-electron chi connectivity index (χ4n) is 3.06. The lowest BCUT2D eigenvalue weighted by molar-refractivity contribution is 0.230. The molecule has 0 saturated heterocycles. The normalized spacial score (nSPS) is 27.9. The highest BCUT2D eigenvalue weighted by Crippen LogP contribution is 2.37. The molecule has 1 saturated carbocycles. The van der Waals surface area contributed by atoms with Gasteiger partial charge >= 0.3 is 0 Å². The van der Waals surface area contributed by atoms with E-state index in [1.54, 1.807) is 0 Å². The van der Waals surface area contributed by atoms with Gasteiger partial charge in [-0.3, -0.25) is 0 Å². The summed E-state index contributed by atoms with van der Waals surface area (Å²) in [4.78, 5) is 7.26. The van der Waals surface area contributed by atoms with Gasteiger partial charge in [0, 0.05) is 0 Å². The fourth-order valence-corrected chi connectivity index (χ4v) is 3.06. The number of H-pyrrole nitrogens is 1. The van der Waals surface area contributed by atoms with Crippen LogP contribution in [-0.4, -0.2) is 9.97 Å². The molecular formula is C14H17F2N3. The molecule has 1 heterocycles. The number of hydrogen-bond donors (Lipinski definition) is 2. The van der Waals surface area contributed by atoms with Gasteiger partial charge in [-0.1, -0.05) is 19.8 Å². The molecule has 0 radical (unpaired) electrons. The molecule has 2 atom stereocenters. The summed E-state index contributed by atoms with van der Waals surface area (Å²) in [5.74, 6) is -0.701. The molecule has 3 rings (SSSR count). The van der Waals surface area contributed by atoms with E-state index >= 15 is 0 Å². The van der Waals surface area contributed by atoms with Crippen molar-refractivity contribution in [1.82, 2.24) is 9.97 Å². The first kappa shape index (κ1) is 12.5. The van der Waals surface area contributed by atoms with Gasteiger partial charge in [0.25, 0.3) is 0 Å². The van der Waals surface area contributed by atoms with E-state index in [1.807, 2.05) is 0 Å². The third-order valence-electron chi connectivity index (χ3n) is 4.05. The lowest BCUT2D eigenvalue weighted by Gasteiger charge is -2.35. The van der Waals surface area contributed by atoms with E-state index in [9.17, 15) is 8.78 Å². The van der Waals surface area contributed by atoms with Gasteiger partial charge in [-0.05, 0) is 30.9 Å². The molecular weight excluding hydrogens is 248 g/mol. The number of halogens is 2. The highest BCUT2D eigenvalue weighted by atomic mass is 19.2. The highest BCUT2D eigenvalue weighted by molar-refractivity contribution is 5.76. The third kappa shape index (κ3) is 2.02. The van der Waals surface area contributed by atoms with Crippen molar-refractivity contribution < 1.29 is 8.78 Å². The summed E-state index contributed by atoms with van der Waals surface area (Å²) < 4.78 is 26.9. The Labute approximate surface area is 110 Å². The van der Waals surface area contributed by atoms with Crippen molar-refractivity contribution in [2.45, 2.75) is 38.1 Å². The number of aromatic nitrogens is 2. The first-order valence-electron chi connectivity index (χ1n) is 6.63. The van der Waals surface area contributed by atoms with Crippen LogP contribution >= 0.6 is 0 Å². The molecule has 0 aliphatic heterocycles. The second-order valence-corrected chi connectivity index (χ2v) is 5.70. The molecule has 1 aromatic carbocycles. The number of fused-ring (bicyclic) bond motifs is 1. The van der Waals surface area contributed by atoms with Crippen LogP contribution in [0.4, 0.5) is 8.78 Å². The number of benzene rings is 1. The van der Waals surface area contributed by atoms with Crippen molar-refractivity contribution in [2.24, 2.45) is 11.7 Å². The second-order valence-electron chi connectivity index (χ2n) is 5.70. The van der Waals surface area contributed by atoms with Gasteiger partial charge in [0.05, 0.1) is 11.1 Å². The van der Waals surface area contributed by atoms with E-state index in [1.165, 1.54) is 6.07 Å². The molecule has 0 bridgehead atoms. The van der Waals surface area contributed by atoms with Crippen molar-refractivity contribution in [3.05, 3.63) is 29.6 Å². The number of nitrogens with one attached hydrogen (secondary N) is 1. The first-order chi connectivity index (χ1) is 8.99. The van der Waals surface area contributed by atoms with Crippen molar-refractivity contribution >= 4 is 11.0 Å². The van der Waals surface area contributed by atoms with Crippen LogP contribution in [0.2, 0.25) is 0 Å². The molecule has 2 unspecified atom stereocenters. The number of nitrogens with two attached hydrogens (primary N) is 1. The number of imidazole rings is 1. The van der Waals surface area contributed by atoms with Gasteiger partial charge in [0.2, 0.25) is 0 Å². The molecule has 3 nitrogen and oxygen atoms in total. The van der Waals surface area contributed by atoms with Crippen LogP contribution in [0.3, 0.4) is 0 Å². The zero-order chi connectivity index (χ0) is 13.6. The Morgan fingerprint density at radius 2 is 2.21 bits per heavy atom. The van der Waals surface area contributed by atoms with E-state index in [0.29, 0.717) is 17.3 Å². The summed E-state index contributed by atoms with van der Waals surface area (Å²) in [6, 6.07) is 2.60. The maximum absolute atomic E-state index is 13.7. The minimum Gasteiger partial charge on any atom is -0.340 e. The van der Waals surface area contributed by atoms with Crippen LogP contribution in [-0.2, 0) is 5.54 Å². The van der Waals surface area contributed by atoms with Crippen LogP contribution < -0.4 is 5.73 Å². The molecule has 2 aromatic rings. The molecule has 5 heteroatoms. The van der Waals surface area contributed by atoms with E-state index in [0.717, 1.165) is 31.7 Å². The van der Waals surface area contributed by atoms with Gasteiger partial charge in [0.1, 0.15) is 11.3 Å². The molecule has 19 heavy (non-hydrogen) atoms. The largest absolute Gasteiger partial charge is 0.340 e. The monoisotopic (exact) mass is 265 g/mol. The van der Waals surface area contributed by atoms with Crippen molar-refractivity contribution in [3.8, 4) is 0 Å². The van der Waals surface area contributed by atoms with Gasteiger partial charge in [-0.25, -0.2) is 13.8 Å². The zero-order valence-corrected chi connectivity index (χ0v) is 10.8. The lowest BCUT2D eigenvalue weighted by Crippen LogP contribution is -2.42. The summed E-state index contributed by atoms with van der Waals surface area (Å²) in [5, 5.41) is 0. The zero-order valence-electron chi connectivity index (χ0n) is 10.8. The fraction of sp³-hybridized carbons (Fsp3) is 0.500. The average molecular weight is 265 g/mol. The predicted molar refractivity (Wildman–Crippen MR) is 69.5 cm³/mol. The molecule has 102 valence electrons. The smallest absolute Gasteiger partial charge is 0.186 e. The maximum Gasteiger partial charge on any atom is 0.186 e. The molecule has 0 spiro atoms. The number of hydrogen-bond acceptors (Lipinski definition) is 2. The Hall–Kier alpha value is -1.49. The Bertz CT molecular complexity index is 622. The maximum atomic E-state index is 13.7. The summed E-state index contributed by atoms with van der Waals surface area (Å²) in [7, 11) is 0. The topological polar surface area (TPSA) is 54.7 Å². The lowest BCUT2D eigenvalue weighted by atomic mass is 9.76. The van der Waals surface area contributed by atoms with E-state index in [-0.39, 0.29) is 5.52 Å². The Kier molecular flexibility index (Phi) is 2.82. The van der Waals surface area contributed by atoms with Crippen LogP contribution in [0.15, 0.2) is 12.1 Å². The Morgan fingerprint density at radius 1 is 1.42 bits per heavy atom. The number of aromatic amines is 1. The Morgan fingerprint density at radius 3 is 2.95 bits per heavy atom. The SMILES string of the molecule is CC1CCCC(N)(c2nc3c(F)c(F)ccc3[nH]2)C1. The quantitative estimate of drug-likeness (QED) is 0.832. The molecule has 0 amide bonds. The molecule has 1 aromatic heterocycles. The third-order valence-corrected chi connectivity index (χ3v) is 4.05. The molecule has 1 aliphatic rings.